The van der Waals surface area contributed by atoms with Crippen LogP contribution >= 0.6 is 0 Å². The molecule has 0 aromatic carbocycles. The van der Waals surface area contributed by atoms with Crippen molar-refractivity contribution in [1.82, 2.24) is 0 Å². The number of aliphatic carboxylic acids is 3. The van der Waals surface area contributed by atoms with E-state index in [9.17, 15) is 0 Å². The van der Waals surface area contributed by atoms with Crippen molar-refractivity contribution < 1.29 is 29.7 Å². The Hall–Kier alpha value is -0.217. The van der Waals surface area contributed by atoms with Gasteiger partial charge in [0.15, 0.2) is 6.07 Å². The fourth-order valence-corrected chi connectivity index (χ4v) is 0. The number of hydrogen-bond donors (Lipinski definition) is 3. The quantitative estimate of drug-likeness (QED) is 0.230. The second-order valence-electron chi connectivity index (χ2n) is 1.45. The zero-order chi connectivity index (χ0) is 11.4. The van der Waals surface area contributed by atoms with E-state index in [1.165, 1.54) is 0 Å². The number of rotatable bonds is 0. The summed E-state index contributed by atoms with van der Waals surface area (Å²) in [6, 6.07) is 0.944. The van der Waals surface area contributed by atoms with Crippen molar-refractivity contribution in [3.8, 4) is 6.07 Å². The molecule has 7 nitrogen and oxygen atoms in total. The summed E-state index contributed by atoms with van der Waals surface area (Å²) in [6.45, 7) is 2.17. The van der Waals surface area contributed by atoms with Crippen molar-refractivity contribution in [2.45, 2.75) is 13.8 Å². The van der Waals surface area contributed by atoms with Gasteiger partial charge in [0.1, 0.15) is 0 Å². The van der Waals surface area contributed by atoms with Gasteiger partial charge in [-0.1, -0.05) is 0 Å². The van der Waals surface area contributed by atoms with Crippen LogP contribution in [0.1, 0.15) is 13.8 Å². The van der Waals surface area contributed by atoms with Gasteiger partial charge in [0, 0.05) is 13.8 Å². The Labute approximate surface area is 127 Å². The van der Waals surface area contributed by atoms with Gasteiger partial charge in [0.2, 0.25) is 0 Å². The Morgan fingerprint density at radius 1 is 1.00 bits per heavy atom. The summed E-state index contributed by atoms with van der Waals surface area (Å²) < 4.78 is 0. The normalized spacial score (nSPS) is 5.13. The van der Waals surface area contributed by atoms with Crippen molar-refractivity contribution in [3.63, 3.8) is 0 Å². The van der Waals surface area contributed by atoms with Gasteiger partial charge in [-0.15, -0.1) is 0 Å². The average molecular weight is 427 g/mol. The maximum absolute atomic E-state index is 9.01. The minimum atomic E-state index is -1.44. The summed E-state index contributed by atoms with van der Waals surface area (Å²) in [5.74, 6) is -3.11. The molecule has 0 saturated carbocycles. The second-order valence-corrected chi connectivity index (χ2v) is 1.45. The molecule has 0 spiro atoms. The van der Waals surface area contributed by atoms with Crippen molar-refractivity contribution >= 4 is 73.7 Å². The van der Waals surface area contributed by atoms with Gasteiger partial charge >= 0.3 is 61.7 Å². The predicted molar refractivity (Wildman–Crippen MR) is 57.0 cm³/mol. The Morgan fingerprint density at radius 3 is 1.07 bits per heavy atom. The first-order chi connectivity index (χ1) is 5.73. The number of nitriles is 1. The van der Waals surface area contributed by atoms with Crippen LogP contribution in [0.25, 0.3) is 0 Å². The third kappa shape index (κ3) is 602. The van der Waals surface area contributed by atoms with Crippen LogP contribution < -0.4 is 0 Å². The fourth-order valence-electron chi connectivity index (χ4n) is 0. The maximum atomic E-state index is 9.01. The molecule has 0 aromatic rings. The van der Waals surface area contributed by atoms with E-state index in [0.717, 1.165) is 19.9 Å². The first-order valence-corrected chi connectivity index (χ1v) is 2.76. The van der Waals surface area contributed by atoms with Crippen LogP contribution in [-0.2, 0) is 14.4 Å². The van der Waals surface area contributed by atoms with E-state index in [-0.39, 0.29) is 55.8 Å². The first kappa shape index (κ1) is 29.3. The molecule has 0 atom stereocenters. The van der Waals surface area contributed by atoms with Crippen LogP contribution in [0.5, 0.6) is 0 Å². The molecule has 0 amide bonds. The molecule has 3 N–H and O–H groups in total. The first-order valence-electron chi connectivity index (χ1n) is 2.76. The van der Waals surface area contributed by atoms with Crippen molar-refractivity contribution in [2.24, 2.45) is 0 Å². The average Bonchev–Trinajstić information content (AvgIpc) is 1.84. The summed E-state index contributed by atoms with van der Waals surface area (Å²) in [6.07, 6.45) is 0. The summed E-state index contributed by atoms with van der Waals surface area (Å²) in [5, 5.41) is 29.5. The Morgan fingerprint density at radius 2 is 1.07 bits per heavy atom. The van der Waals surface area contributed by atoms with E-state index in [1.54, 1.807) is 0 Å². The van der Waals surface area contributed by atoms with Crippen molar-refractivity contribution in [2.75, 3.05) is 0 Å². The Balaban J connectivity index is -0.0000000315. The summed E-state index contributed by atoms with van der Waals surface area (Å²) in [5.41, 5.74) is 0. The van der Waals surface area contributed by atoms with Crippen LogP contribution in [0.15, 0.2) is 0 Å². The van der Waals surface area contributed by atoms with Gasteiger partial charge in [0.25, 0.3) is 11.9 Å². The van der Waals surface area contributed by atoms with E-state index in [1.807, 2.05) is 0 Å². The van der Waals surface area contributed by atoms with E-state index >= 15 is 0 Å². The van der Waals surface area contributed by atoms with Gasteiger partial charge < -0.3 is 15.3 Å². The number of nitrogens with zero attached hydrogens (tertiary/aromatic N) is 1. The standard InChI is InChI=1S/C2HNO2.2C2H4O2.Bi.Na.4H/c3-1-2(4)5;2*1-2(3)4;;;;;;/h(H,4,5);2*1H3,(H,3,4);;;;;;. The zero-order valence-corrected chi connectivity index (χ0v) is 13.2. The van der Waals surface area contributed by atoms with Crippen LogP contribution in [0, 0.1) is 11.3 Å². The summed E-state index contributed by atoms with van der Waals surface area (Å²) in [4.78, 5) is 27.0. The molecule has 0 radical (unpaired) electrons. The van der Waals surface area contributed by atoms with E-state index in [2.05, 4.69) is 0 Å². The number of carboxylic acids is 3. The van der Waals surface area contributed by atoms with Crippen LogP contribution in [0.3, 0.4) is 0 Å². The Bertz CT molecular complexity index is 206. The molecule has 0 aromatic heterocycles. The van der Waals surface area contributed by atoms with Crippen LogP contribution in [0.4, 0.5) is 0 Å². The molecule has 0 bridgehead atoms. The van der Waals surface area contributed by atoms with Gasteiger partial charge in [-0.3, -0.25) is 9.59 Å². The molecule has 9 heteroatoms. The van der Waals surface area contributed by atoms with E-state index in [4.69, 9.17) is 35.0 Å². The third-order valence-electron chi connectivity index (χ3n) is 0.0956. The molecule has 0 aliphatic heterocycles. The molecule has 0 fully saturated rings. The molecule has 0 aliphatic rings. The number of carbonyl (C=O) groups is 3. The fraction of sp³-hybridized carbons (Fsp3) is 0.333. The molecule has 0 rings (SSSR count). The zero-order valence-electron chi connectivity index (χ0n) is 7.72. The van der Waals surface area contributed by atoms with Crippen LogP contribution in [0.2, 0.25) is 0 Å². The monoisotopic (exact) mass is 427 g/mol. The molecule has 0 aliphatic carbocycles. The molecule has 0 unspecified atom stereocenters. The number of hydrogen-bond acceptors (Lipinski definition) is 4. The van der Waals surface area contributed by atoms with Gasteiger partial charge in [-0.25, -0.2) is 4.79 Å². The predicted octanol–water partition coefficient (Wildman–Crippen LogP) is -2.06. The van der Waals surface area contributed by atoms with Crippen LogP contribution in [-0.4, -0.2) is 89.0 Å². The SMILES string of the molecule is CC(=O)O.CC(=O)O.N#CC(=O)O.[BiH3].[NaH]. The van der Waals surface area contributed by atoms with Gasteiger partial charge in [-0.2, -0.15) is 5.26 Å². The van der Waals surface area contributed by atoms with Crippen molar-refractivity contribution in [3.05, 3.63) is 0 Å². The molecule has 84 valence electrons. The topological polar surface area (TPSA) is 136 Å². The molecular formula is C6H13BiNNaO6. The summed E-state index contributed by atoms with van der Waals surface area (Å²) in [7, 11) is 0. The number of carboxylic acid groups (broad SMARTS) is 3. The molecule has 0 heterocycles. The van der Waals surface area contributed by atoms with E-state index in [0.29, 0.717) is 0 Å². The molecule has 15 heavy (non-hydrogen) atoms. The van der Waals surface area contributed by atoms with E-state index < -0.39 is 17.9 Å². The Kier molecular flexibility index (Phi) is 46.0. The second kappa shape index (κ2) is 23.5. The molecule has 0 saturated heterocycles. The third-order valence-corrected chi connectivity index (χ3v) is 0.0956. The summed E-state index contributed by atoms with van der Waals surface area (Å²) >= 11 is 0. The minimum absolute atomic E-state index is 0. The van der Waals surface area contributed by atoms with Gasteiger partial charge in [-0.05, 0) is 0 Å². The van der Waals surface area contributed by atoms with Crippen molar-refractivity contribution in [1.29, 1.82) is 5.26 Å². The van der Waals surface area contributed by atoms with Gasteiger partial charge in [0.05, 0.1) is 0 Å². The molecular weight excluding hydrogens is 414 g/mol.